The Bertz CT molecular complexity index is 480. The molecule has 1 atom stereocenters. The molecule has 1 aromatic heterocycles. The zero-order chi connectivity index (χ0) is 13.1. The van der Waals surface area contributed by atoms with E-state index in [1.807, 2.05) is 0 Å². The molecule has 0 spiro atoms. The number of nitrogens with zero attached hydrogens (tertiary/aromatic N) is 3. The third-order valence-corrected chi connectivity index (χ3v) is 4.24. The number of morpholine rings is 1. The van der Waals surface area contributed by atoms with Gasteiger partial charge in [0.05, 0.1) is 25.6 Å². The largest absolute Gasteiger partial charge is 0.374 e. The first-order valence-corrected chi connectivity index (χ1v) is 7.03. The highest BCUT2D eigenvalue weighted by molar-refractivity contribution is 9.10. The molecular weight excluding hydrogens is 321 g/mol. The highest BCUT2D eigenvalue weighted by Gasteiger charge is 2.20. The molecule has 2 heterocycles. The van der Waals surface area contributed by atoms with Gasteiger partial charge in [0, 0.05) is 13.1 Å². The van der Waals surface area contributed by atoms with E-state index in [1.54, 1.807) is 0 Å². The Balaban J connectivity index is 2.10. The number of halogens is 2. The molecule has 0 saturated carbocycles. The zero-order valence-electron chi connectivity index (χ0n) is 10.1. The van der Waals surface area contributed by atoms with Gasteiger partial charge in [0.1, 0.15) is 4.47 Å². The molecule has 1 aliphatic heterocycles. The first-order chi connectivity index (χ1) is 8.61. The minimum atomic E-state index is -0.174. The highest BCUT2D eigenvalue weighted by atomic mass is 79.9. The van der Waals surface area contributed by atoms with Crippen LogP contribution in [0.25, 0.3) is 0 Å². The second kappa shape index (κ2) is 6.14. The van der Waals surface area contributed by atoms with E-state index in [4.69, 9.17) is 16.3 Å². The van der Waals surface area contributed by atoms with E-state index in [1.165, 1.54) is 10.9 Å². The Morgan fingerprint density at radius 1 is 1.67 bits per heavy atom. The monoisotopic (exact) mass is 335 g/mol. The summed E-state index contributed by atoms with van der Waals surface area (Å²) in [5.74, 6) is 0. The minimum absolute atomic E-state index is 0.0197. The van der Waals surface area contributed by atoms with Crippen molar-refractivity contribution in [2.45, 2.75) is 19.6 Å². The average molecular weight is 337 g/mol. The van der Waals surface area contributed by atoms with Gasteiger partial charge < -0.3 is 4.74 Å². The van der Waals surface area contributed by atoms with Crippen LogP contribution in [0.2, 0.25) is 5.15 Å². The van der Waals surface area contributed by atoms with Crippen LogP contribution in [0.5, 0.6) is 0 Å². The quantitative estimate of drug-likeness (QED) is 0.783. The van der Waals surface area contributed by atoms with Crippen LogP contribution < -0.4 is 5.56 Å². The molecule has 0 N–H and O–H groups in total. The number of ether oxygens (including phenoxy) is 1. The van der Waals surface area contributed by atoms with Gasteiger partial charge in [-0.15, -0.1) is 0 Å². The first kappa shape index (κ1) is 14.0. The van der Waals surface area contributed by atoms with E-state index >= 15 is 0 Å². The molecule has 1 unspecified atom stereocenters. The summed E-state index contributed by atoms with van der Waals surface area (Å²) in [7, 11) is 0. The fourth-order valence-electron chi connectivity index (χ4n) is 1.97. The molecule has 0 aromatic carbocycles. The maximum absolute atomic E-state index is 11.9. The van der Waals surface area contributed by atoms with Crippen molar-refractivity contribution in [2.24, 2.45) is 0 Å². The fourth-order valence-corrected chi connectivity index (χ4v) is 2.43. The van der Waals surface area contributed by atoms with Crippen LogP contribution in [0.15, 0.2) is 15.6 Å². The Kier molecular flexibility index (Phi) is 4.77. The fraction of sp³-hybridized carbons (Fsp3) is 0.636. The van der Waals surface area contributed by atoms with E-state index in [9.17, 15) is 4.79 Å². The summed E-state index contributed by atoms with van der Waals surface area (Å²) in [5.41, 5.74) is -0.174. The molecule has 0 bridgehead atoms. The minimum Gasteiger partial charge on any atom is -0.374 e. The summed E-state index contributed by atoms with van der Waals surface area (Å²) in [6, 6.07) is 0. The maximum Gasteiger partial charge on any atom is 0.269 e. The van der Waals surface area contributed by atoms with E-state index in [2.05, 4.69) is 32.7 Å². The van der Waals surface area contributed by atoms with Gasteiger partial charge >= 0.3 is 0 Å². The summed E-state index contributed by atoms with van der Waals surface area (Å²) >= 11 is 8.90. The van der Waals surface area contributed by atoms with Gasteiger partial charge in [0.2, 0.25) is 0 Å². The smallest absolute Gasteiger partial charge is 0.269 e. The summed E-state index contributed by atoms with van der Waals surface area (Å²) in [6.07, 6.45) is 1.48. The highest BCUT2D eigenvalue weighted by Crippen LogP contribution is 2.14. The van der Waals surface area contributed by atoms with Gasteiger partial charge in [-0.3, -0.25) is 14.3 Å². The lowest BCUT2D eigenvalue weighted by molar-refractivity contribution is -0.0348. The summed E-state index contributed by atoms with van der Waals surface area (Å²) in [4.78, 5) is 18.2. The van der Waals surface area contributed by atoms with Gasteiger partial charge in [0.25, 0.3) is 5.56 Å². The average Bonchev–Trinajstić information content (AvgIpc) is 2.40. The molecule has 1 fully saturated rings. The van der Waals surface area contributed by atoms with Crippen LogP contribution in [0.3, 0.4) is 0 Å². The van der Waals surface area contributed by atoms with Gasteiger partial charge in [0.15, 0.2) is 5.15 Å². The third kappa shape index (κ3) is 3.12. The SMILES string of the molecule is CCN1CCOC(Cn2cnc(Cl)c(Br)c2=O)C1. The van der Waals surface area contributed by atoms with Crippen LogP contribution >= 0.6 is 27.5 Å². The molecule has 5 nitrogen and oxygen atoms in total. The Morgan fingerprint density at radius 3 is 3.17 bits per heavy atom. The van der Waals surface area contributed by atoms with Crippen molar-refractivity contribution in [3.8, 4) is 0 Å². The van der Waals surface area contributed by atoms with E-state index in [0.717, 1.165) is 19.6 Å². The molecule has 0 amide bonds. The van der Waals surface area contributed by atoms with E-state index in [0.29, 0.717) is 17.6 Å². The standard InChI is InChI=1S/C11H15BrClN3O2/c1-2-15-3-4-18-8(5-15)6-16-7-14-10(13)9(12)11(16)17/h7-8H,2-6H2,1H3. The second-order valence-corrected chi connectivity index (χ2v) is 5.34. The lowest BCUT2D eigenvalue weighted by atomic mass is 10.2. The lowest BCUT2D eigenvalue weighted by Gasteiger charge is -2.32. The lowest BCUT2D eigenvalue weighted by Crippen LogP contribution is -2.45. The molecule has 2 rings (SSSR count). The maximum atomic E-state index is 11.9. The van der Waals surface area contributed by atoms with Crippen molar-refractivity contribution in [3.05, 3.63) is 26.3 Å². The molecule has 7 heteroatoms. The van der Waals surface area contributed by atoms with Crippen molar-refractivity contribution in [1.82, 2.24) is 14.5 Å². The topological polar surface area (TPSA) is 47.4 Å². The van der Waals surface area contributed by atoms with Crippen LogP contribution in [-0.2, 0) is 11.3 Å². The van der Waals surface area contributed by atoms with Crippen LogP contribution in [0, 0.1) is 0 Å². The van der Waals surface area contributed by atoms with E-state index < -0.39 is 0 Å². The van der Waals surface area contributed by atoms with Crippen LogP contribution in [0.4, 0.5) is 0 Å². The van der Waals surface area contributed by atoms with Crippen molar-refractivity contribution in [1.29, 1.82) is 0 Å². The third-order valence-electron chi connectivity index (χ3n) is 3.01. The number of likely N-dealkylation sites (N-methyl/N-ethyl adjacent to an activating group) is 1. The number of hydrogen-bond donors (Lipinski definition) is 0. The first-order valence-electron chi connectivity index (χ1n) is 5.86. The number of hydrogen-bond acceptors (Lipinski definition) is 4. The summed E-state index contributed by atoms with van der Waals surface area (Å²) in [5, 5.41) is 0.191. The number of aromatic nitrogens is 2. The predicted molar refractivity (Wildman–Crippen MR) is 73.1 cm³/mol. The van der Waals surface area contributed by atoms with Crippen LogP contribution in [0.1, 0.15) is 6.92 Å². The van der Waals surface area contributed by atoms with Gasteiger partial charge in [-0.05, 0) is 22.5 Å². The van der Waals surface area contributed by atoms with Crippen molar-refractivity contribution < 1.29 is 4.74 Å². The van der Waals surface area contributed by atoms with E-state index in [-0.39, 0.29) is 16.8 Å². The molecule has 0 aliphatic carbocycles. The van der Waals surface area contributed by atoms with Crippen molar-refractivity contribution in [2.75, 3.05) is 26.2 Å². The van der Waals surface area contributed by atoms with Crippen molar-refractivity contribution in [3.63, 3.8) is 0 Å². The van der Waals surface area contributed by atoms with Crippen molar-refractivity contribution >= 4 is 27.5 Å². The zero-order valence-corrected chi connectivity index (χ0v) is 12.4. The van der Waals surface area contributed by atoms with Gasteiger partial charge in [-0.1, -0.05) is 18.5 Å². The predicted octanol–water partition coefficient (Wildman–Crippen LogP) is 1.38. The molecule has 1 saturated heterocycles. The molecule has 1 aliphatic rings. The van der Waals surface area contributed by atoms with Crippen LogP contribution in [-0.4, -0.2) is 46.8 Å². The summed E-state index contributed by atoms with van der Waals surface area (Å²) in [6.45, 7) is 6.10. The summed E-state index contributed by atoms with van der Waals surface area (Å²) < 4.78 is 7.49. The normalized spacial score (nSPS) is 21.2. The van der Waals surface area contributed by atoms with Gasteiger partial charge in [-0.25, -0.2) is 4.98 Å². The molecule has 1 aromatic rings. The van der Waals surface area contributed by atoms with Gasteiger partial charge in [-0.2, -0.15) is 0 Å². The Morgan fingerprint density at radius 2 is 2.44 bits per heavy atom. The molecular formula is C11H15BrClN3O2. The molecule has 100 valence electrons. The second-order valence-electron chi connectivity index (χ2n) is 4.19. The molecule has 0 radical (unpaired) electrons. The number of rotatable bonds is 3. The Labute approximate surface area is 119 Å². The Hall–Kier alpha value is -0.430. The molecule has 18 heavy (non-hydrogen) atoms.